The minimum absolute atomic E-state index is 0.0764. The summed E-state index contributed by atoms with van der Waals surface area (Å²) in [4.78, 5) is 28.8. The highest BCUT2D eigenvalue weighted by Crippen LogP contribution is 2.29. The molecule has 6 heteroatoms. The SMILES string of the molecule is CC1CCN(c2ccc(NC(=O)c3cccc4ccccc34)cc2C(=O)NCC2CCCO2)CC1. The van der Waals surface area contributed by atoms with Gasteiger partial charge in [0.1, 0.15) is 0 Å². The number of amides is 2. The number of nitrogens with one attached hydrogen (secondary N) is 2. The van der Waals surface area contributed by atoms with Crippen LogP contribution in [0.4, 0.5) is 11.4 Å². The highest BCUT2D eigenvalue weighted by atomic mass is 16.5. The lowest BCUT2D eigenvalue weighted by Gasteiger charge is -2.33. The molecular formula is C29H33N3O3. The van der Waals surface area contributed by atoms with Crippen molar-refractivity contribution in [3.8, 4) is 0 Å². The lowest BCUT2D eigenvalue weighted by Crippen LogP contribution is -2.36. The largest absolute Gasteiger partial charge is 0.376 e. The molecule has 5 rings (SSSR count). The second kappa shape index (κ2) is 10.5. The van der Waals surface area contributed by atoms with Gasteiger partial charge in [0.25, 0.3) is 11.8 Å². The number of piperidine rings is 1. The number of rotatable bonds is 6. The Morgan fingerprint density at radius 3 is 2.54 bits per heavy atom. The maximum Gasteiger partial charge on any atom is 0.256 e. The van der Waals surface area contributed by atoms with Crippen LogP contribution in [0.1, 0.15) is 53.3 Å². The maximum atomic E-state index is 13.3. The van der Waals surface area contributed by atoms with Gasteiger partial charge >= 0.3 is 0 Å². The molecule has 182 valence electrons. The third-order valence-corrected chi connectivity index (χ3v) is 7.17. The van der Waals surface area contributed by atoms with Gasteiger partial charge in [-0.3, -0.25) is 9.59 Å². The molecule has 0 radical (unpaired) electrons. The van der Waals surface area contributed by atoms with Crippen molar-refractivity contribution in [2.24, 2.45) is 5.92 Å². The molecule has 2 aliphatic heterocycles. The number of ether oxygens (including phenoxy) is 1. The van der Waals surface area contributed by atoms with Crippen LogP contribution in [0.15, 0.2) is 60.7 Å². The van der Waals surface area contributed by atoms with Gasteiger partial charge in [0.2, 0.25) is 0 Å². The van der Waals surface area contributed by atoms with Crippen molar-refractivity contribution in [3.63, 3.8) is 0 Å². The lowest BCUT2D eigenvalue weighted by atomic mass is 9.97. The summed E-state index contributed by atoms with van der Waals surface area (Å²) in [6.45, 7) is 5.39. The number of hydrogen-bond donors (Lipinski definition) is 2. The molecule has 1 atom stereocenters. The molecule has 35 heavy (non-hydrogen) atoms. The van der Waals surface area contributed by atoms with E-state index in [0.29, 0.717) is 29.3 Å². The molecule has 2 fully saturated rings. The molecule has 6 nitrogen and oxygen atoms in total. The van der Waals surface area contributed by atoms with Crippen molar-refractivity contribution >= 4 is 34.0 Å². The highest BCUT2D eigenvalue weighted by Gasteiger charge is 2.23. The zero-order valence-corrected chi connectivity index (χ0v) is 20.3. The zero-order chi connectivity index (χ0) is 24.2. The van der Waals surface area contributed by atoms with E-state index in [1.807, 2.05) is 54.6 Å². The van der Waals surface area contributed by atoms with Gasteiger partial charge in [0, 0.05) is 43.2 Å². The monoisotopic (exact) mass is 471 g/mol. The quantitative estimate of drug-likeness (QED) is 0.516. The molecule has 0 saturated carbocycles. The van der Waals surface area contributed by atoms with Crippen molar-refractivity contribution < 1.29 is 14.3 Å². The fourth-order valence-corrected chi connectivity index (χ4v) is 5.05. The van der Waals surface area contributed by atoms with Gasteiger partial charge in [-0.25, -0.2) is 0 Å². The molecule has 0 aromatic heterocycles. The third kappa shape index (κ3) is 5.33. The molecule has 2 amide bonds. The van der Waals surface area contributed by atoms with Gasteiger partial charge in [0.15, 0.2) is 0 Å². The summed E-state index contributed by atoms with van der Waals surface area (Å²) < 4.78 is 5.68. The number of nitrogens with zero attached hydrogens (tertiary/aromatic N) is 1. The highest BCUT2D eigenvalue weighted by molar-refractivity contribution is 6.13. The molecule has 0 aliphatic carbocycles. The molecular weight excluding hydrogens is 438 g/mol. The molecule has 0 bridgehead atoms. The normalized spacial score (nSPS) is 18.5. The van der Waals surface area contributed by atoms with Gasteiger partial charge in [-0.05, 0) is 66.6 Å². The summed E-state index contributed by atoms with van der Waals surface area (Å²) in [5, 5.41) is 8.00. The Kier molecular flexibility index (Phi) is 7.00. The Morgan fingerprint density at radius 1 is 0.943 bits per heavy atom. The average molecular weight is 472 g/mol. The molecule has 2 saturated heterocycles. The Labute approximate surface area is 206 Å². The molecule has 2 N–H and O–H groups in total. The van der Waals surface area contributed by atoms with Crippen LogP contribution in [0.3, 0.4) is 0 Å². The van der Waals surface area contributed by atoms with Gasteiger partial charge in [-0.2, -0.15) is 0 Å². The van der Waals surface area contributed by atoms with Crippen LogP contribution >= 0.6 is 0 Å². The number of hydrogen-bond acceptors (Lipinski definition) is 4. The van der Waals surface area contributed by atoms with E-state index in [1.165, 1.54) is 0 Å². The Morgan fingerprint density at radius 2 is 1.74 bits per heavy atom. The average Bonchev–Trinajstić information content (AvgIpc) is 3.41. The summed E-state index contributed by atoms with van der Waals surface area (Å²) in [6, 6.07) is 19.2. The van der Waals surface area contributed by atoms with E-state index in [0.717, 1.165) is 61.8 Å². The fourth-order valence-electron chi connectivity index (χ4n) is 5.05. The van der Waals surface area contributed by atoms with Crippen LogP contribution in [-0.2, 0) is 4.74 Å². The smallest absolute Gasteiger partial charge is 0.256 e. The van der Waals surface area contributed by atoms with Crippen LogP contribution in [0.2, 0.25) is 0 Å². The van der Waals surface area contributed by atoms with E-state index < -0.39 is 0 Å². The number of carbonyl (C=O) groups is 2. The topological polar surface area (TPSA) is 70.7 Å². The molecule has 3 aromatic rings. The van der Waals surface area contributed by atoms with Gasteiger partial charge < -0.3 is 20.3 Å². The van der Waals surface area contributed by atoms with E-state index in [2.05, 4.69) is 22.5 Å². The molecule has 2 heterocycles. The van der Waals surface area contributed by atoms with Gasteiger partial charge in [-0.15, -0.1) is 0 Å². The minimum Gasteiger partial charge on any atom is -0.376 e. The van der Waals surface area contributed by atoms with Crippen molar-refractivity contribution in [2.75, 3.05) is 36.5 Å². The maximum absolute atomic E-state index is 13.3. The van der Waals surface area contributed by atoms with E-state index in [-0.39, 0.29) is 17.9 Å². The third-order valence-electron chi connectivity index (χ3n) is 7.17. The van der Waals surface area contributed by atoms with Crippen LogP contribution in [-0.4, -0.2) is 44.2 Å². The molecule has 0 spiro atoms. The minimum atomic E-state index is -0.188. The fraction of sp³-hybridized carbons (Fsp3) is 0.379. The summed E-state index contributed by atoms with van der Waals surface area (Å²) in [7, 11) is 0. The van der Waals surface area contributed by atoms with E-state index in [1.54, 1.807) is 6.07 Å². The first kappa shape index (κ1) is 23.4. The number of anilines is 2. The van der Waals surface area contributed by atoms with E-state index in [4.69, 9.17) is 4.74 Å². The zero-order valence-electron chi connectivity index (χ0n) is 20.3. The van der Waals surface area contributed by atoms with Crippen molar-refractivity contribution in [1.29, 1.82) is 0 Å². The van der Waals surface area contributed by atoms with Crippen LogP contribution < -0.4 is 15.5 Å². The van der Waals surface area contributed by atoms with Gasteiger partial charge in [0.05, 0.1) is 11.7 Å². The van der Waals surface area contributed by atoms with Crippen LogP contribution in [0.25, 0.3) is 10.8 Å². The first-order chi connectivity index (χ1) is 17.1. The summed E-state index contributed by atoms with van der Waals surface area (Å²) in [5.41, 5.74) is 2.74. The van der Waals surface area contributed by atoms with Gasteiger partial charge in [-0.1, -0.05) is 43.3 Å². The Bertz CT molecular complexity index is 1210. The summed E-state index contributed by atoms with van der Waals surface area (Å²) in [5.74, 6) is 0.379. The van der Waals surface area contributed by atoms with Crippen molar-refractivity contribution in [3.05, 3.63) is 71.8 Å². The standard InChI is InChI=1S/C29H33N3O3/c1-20-13-15-32(16-14-20)27-12-11-22(18-26(27)28(33)30-19-23-8-5-17-35-23)31-29(34)25-10-4-7-21-6-2-3-9-24(21)25/h2-4,6-7,9-12,18,20,23H,5,8,13-17,19H2,1H3,(H,30,33)(H,31,34). The van der Waals surface area contributed by atoms with E-state index >= 15 is 0 Å². The molecule has 3 aromatic carbocycles. The second-order valence-corrected chi connectivity index (χ2v) is 9.73. The van der Waals surface area contributed by atoms with Crippen LogP contribution in [0, 0.1) is 5.92 Å². The van der Waals surface area contributed by atoms with Crippen molar-refractivity contribution in [2.45, 2.75) is 38.7 Å². The number of carbonyl (C=O) groups excluding carboxylic acids is 2. The summed E-state index contributed by atoms with van der Waals surface area (Å²) >= 11 is 0. The second-order valence-electron chi connectivity index (χ2n) is 9.73. The van der Waals surface area contributed by atoms with Crippen LogP contribution in [0.5, 0.6) is 0 Å². The Hall–Kier alpha value is -3.38. The summed E-state index contributed by atoms with van der Waals surface area (Å²) in [6.07, 6.45) is 4.30. The first-order valence-electron chi connectivity index (χ1n) is 12.7. The molecule has 2 aliphatic rings. The number of benzene rings is 3. The predicted molar refractivity (Wildman–Crippen MR) is 140 cm³/mol. The number of fused-ring (bicyclic) bond motifs is 1. The molecule has 1 unspecified atom stereocenters. The lowest BCUT2D eigenvalue weighted by molar-refractivity contribution is 0.0858. The Balaban J connectivity index is 1.40. The van der Waals surface area contributed by atoms with E-state index in [9.17, 15) is 9.59 Å². The first-order valence-corrected chi connectivity index (χ1v) is 12.7. The van der Waals surface area contributed by atoms with Crippen molar-refractivity contribution in [1.82, 2.24) is 5.32 Å². The predicted octanol–water partition coefficient (Wildman–Crippen LogP) is 5.24.